The maximum absolute atomic E-state index is 5.56. The van der Waals surface area contributed by atoms with Crippen molar-refractivity contribution < 1.29 is 4.74 Å². The number of anilines is 1. The Labute approximate surface area is 116 Å². The molecule has 0 aliphatic carbocycles. The Bertz CT molecular complexity index is 396. The van der Waals surface area contributed by atoms with E-state index in [1.54, 1.807) is 0 Å². The van der Waals surface area contributed by atoms with Crippen molar-refractivity contribution in [3.63, 3.8) is 0 Å². The second-order valence-electron chi connectivity index (χ2n) is 5.75. The van der Waals surface area contributed by atoms with Crippen molar-refractivity contribution in [2.75, 3.05) is 45.8 Å². The zero-order chi connectivity index (χ0) is 13.9. The fourth-order valence-electron chi connectivity index (χ4n) is 3.03. The summed E-state index contributed by atoms with van der Waals surface area (Å²) >= 11 is 0. The van der Waals surface area contributed by atoms with Crippen molar-refractivity contribution in [2.24, 2.45) is 5.92 Å². The Morgan fingerprint density at radius 2 is 1.89 bits per heavy atom. The molecule has 0 amide bonds. The highest BCUT2D eigenvalue weighted by atomic mass is 16.5. The Hall–Kier alpha value is -1.06. The van der Waals surface area contributed by atoms with Crippen molar-refractivity contribution in [3.8, 4) is 0 Å². The van der Waals surface area contributed by atoms with E-state index in [-0.39, 0.29) is 5.41 Å². The third kappa shape index (κ3) is 2.63. The molecule has 1 aliphatic heterocycles. The van der Waals surface area contributed by atoms with Crippen molar-refractivity contribution in [3.05, 3.63) is 29.8 Å². The molecule has 3 nitrogen and oxygen atoms in total. The normalized spacial score (nSPS) is 18.7. The minimum atomic E-state index is 0.211. The molecule has 1 unspecified atom stereocenters. The van der Waals surface area contributed by atoms with E-state index in [0.29, 0.717) is 5.92 Å². The second-order valence-corrected chi connectivity index (χ2v) is 5.75. The fraction of sp³-hybridized carbons (Fsp3) is 0.625. The summed E-state index contributed by atoms with van der Waals surface area (Å²) in [7, 11) is 6.19. The SMILES string of the molecule is CCC(CNC)C1(c2ccc(N(C)C)cc2)COC1. The van der Waals surface area contributed by atoms with Gasteiger partial charge >= 0.3 is 0 Å². The summed E-state index contributed by atoms with van der Waals surface area (Å²) in [5.74, 6) is 0.636. The third-order valence-electron chi connectivity index (χ3n) is 4.40. The largest absolute Gasteiger partial charge is 0.379 e. The summed E-state index contributed by atoms with van der Waals surface area (Å²) in [6.07, 6.45) is 1.18. The van der Waals surface area contributed by atoms with Crippen molar-refractivity contribution in [1.29, 1.82) is 0 Å². The smallest absolute Gasteiger partial charge is 0.0588 e. The number of rotatable bonds is 6. The van der Waals surface area contributed by atoms with Gasteiger partial charge in [0.2, 0.25) is 0 Å². The van der Waals surface area contributed by atoms with Crippen LogP contribution in [0.1, 0.15) is 18.9 Å². The van der Waals surface area contributed by atoms with Crippen LogP contribution in [0, 0.1) is 5.92 Å². The molecule has 1 aromatic rings. The van der Waals surface area contributed by atoms with Gasteiger partial charge in [-0.25, -0.2) is 0 Å². The highest BCUT2D eigenvalue weighted by molar-refractivity contribution is 5.48. The molecule has 1 saturated heterocycles. The van der Waals surface area contributed by atoms with Crippen LogP contribution in [0.5, 0.6) is 0 Å². The van der Waals surface area contributed by atoms with E-state index in [0.717, 1.165) is 19.8 Å². The zero-order valence-electron chi connectivity index (χ0n) is 12.6. The minimum Gasteiger partial charge on any atom is -0.379 e. The molecular formula is C16H26N2O. The maximum Gasteiger partial charge on any atom is 0.0588 e. The molecule has 106 valence electrons. The average molecular weight is 262 g/mol. The van der Waals surface area contributed by atoms with Gasteiger partial charge in [0.1, 0.15) is 0 Å². The van der Waals surface area contributed by atoms with Crippen LogP contribution in [0.25, 0.3) is 0 Å². The predicted octanol–water partition coefficient (Wildman–Crippen LogP) is 2.27. The Kier molecular flexibility index (Phi) is 4.48. The number of nitrogens with zero attached hydrogens (tertiary/aromatic N) is 1. The molecule has 3 heteroatoms. The monoisotopic (exact) mass is 262 g/mol. The van der Waals surface area contributed by atoms with E-state index in [4.69, 9.17) is 4.74 Å². The zero-order valence-corrected chi connectivity index (χ0v) is 12.6. The topological polar surface area (TPSA) is 24.5 Å². The summed E-state index contributed by atoms with van der Waals surface area (Å²) in [5, 5.41) is 3.33. The van der Waals surface area contributed by atoms with Gasteiger partial charge in [0, 0.05) is 25.2 Å². The van der Waals surface area contributed by atoms with Gasteiger partial charge in [-0.15, -0.1) is 0 Å². The summed E-state index contributed by atoms with van der Waals surface area (Å²) in [6, 6.07) is 8.97. The lowest BCUT2D eigenvalue weighted by Crippen LogP contribution is -2.54. The Morgan fingerprint density at radius 1 is 1.26 bits per heavy atom. The molecule has 1 aromatic carbocycles. The summed E-state index contributed by atoms with van der Waals surface area (Å²) in [6.45, 7) is 5.04. The van der Waals surface area contributed by atoms with Crippen LogP contribution in [-0.4, -0.2) is 40.9 Å². The van der Waals surface area contributed by atoms with Crippen LogP contribution in [0.15, 0.2) is 24.3 Å². The predicted molar refractivity (Wildman–Crippen MR) is 81.0 cm³/mol. The molecule has 1 aliphatic rings. The Balaban J connectivity index is 2.25. The van der Waals surface area contributed by atoms with Gasteiger partial charge in [-0.3, -0.25) is 0 Å². The van der Waals surface area contributed by atoms with E-state index >= 15 is 0 Å². The standard InChI is InChI=1S/C16H26N2O/c1-5-13(10-17-2)16(11-19-12-16)14-6-8-15(9-7-14)18(3)4/h6-9,13,17H,5,10-12H2,1-4H3. The van der Waals surface area contributed by atoms with Crippen LogP contribution < -0.4 is 10.2 Å². The molecule has 2 rings (SSSR count). The minimum absolute atomic E-state index is 0.211. The molecule has 0 bridgehead atoms. The molecule has 0 aromatic heterocycles. The lowest BCUT2D eigenvalue weighted by atomic mass is 9.67. The maximum atomic E-state index is 5.56. The van der Waals surface area contributed by atoms with Gasteiger partial charge in [-0.05, 0) is 37.2 Å². The molecule has 1 fully saturated rings. The van der Waals surface area contributed by atoms with Crippen LogP contribution in [0.2, 0.25) is 0 Å². The van der Waals surface area contributed by atoms with Crippen molar-refractivity contribution in [1.82, 2.24) is 5.32 Å². The Morgan fingerprint density at radius 3 is 2.26 bits per heavy atom. The van der Waals surface area contributed by atoms with Gasteiger partial charge in [0.25, 0.3) is 0 Å². The van der Waals surface area contributed by atoms with Crippen molar-refractivity contribution in [2.45, 2.75) is 18.8 Å². The van der Waals surface area contributed by atoms with Crippen LogP contribution in [-0.2, 0) is 10.2 Å². The van der Waals surface area contributed by atoms with E-state index in [1.165, 1.54) is 17.7 Å². The first-order valence-electron chi connectivity index (χ1n) is 7.14. The van der Waals surface area contributed by atoms with E-state index in [1.807, 2.05) is 7.05 Å². The van der Waals surface area contributed by atoms with E-state index in [9.17, 15) is 0 Å². The first-order chi connectivity index (χ1) is 9.14. The highest BCUT2D eigenvalue weighted by Gasteiger charge is 2.45. The molecular weight excluding hydrogens is 236 g/mol. The quantitative estimate of drug-likeness (QED) is 0.851. The first-order valence-corrected chi connectivity index (χ1v) is 7.14. The molecule has 0 spiro atoms. The lowest BCUT2D eigenvalue weighted by molar-refractivity contribution is -0.0909. The first kappa shape index (κ1) is 14.4. The molecule has 19 heavy (non-hydrogen) atoms. The van der Waals surface area contributed by atoms with Gasteiger partial charge in [0.05, 0.1) is 13.2 Å². The number of benzene rings is 1. The molecule has 1 N–H and O–H groups in total. The van der Waals surface area contributed by atoms with Gasteiger partial charge in [0.15, 0.2) is 0 Å². The van der Waals surface area contributed by atoms with Gasteiger partial charge in [-0.1, -0.05) is 25.5 Å². The molecule has 1 atom stereocenters. The highest BCUT2D eigenvalue weighted by Crippen LogP contribution is 2.41. The summed E-state index contributed by atoms with van der Waals surface area (Å²) in [5.41, 5.74) is 2.88. The van der Waals surface area contributed by atoms with E-state index < -0.39 is 0 Å². The van der Waals surface area contributed by atoms with Crippen LogP contribution >= 0.6 is 0 Å². The van der Waals surface area contributed by atoms with Gasteiger partial charge < -0.3 is 15.0 Å². The van der Waals surface area contributed by atoms with Crippen LogP contribution in [0.4, 0.5) is 5.69 Å². The lowest BCUT2D eigenvalue weighted by Gasteiger charge is -2.47. The van der Waals surface area contributed by atoms with Gasteiger partial charge in [-0.2, -0.15) is 0 Å². The second kappa shape index (κ2) is 5.93. The number of hydrogen-bond donors (Lipinski definition) is 1. The number of hydrogen-bond acceptors (Lipinski definition) is 3. The van der Waals surface area contributed by atoms with Crippen molar-refractivity contribution >= 4 is 5.69 Å². The molecule has 0 radical (unpaired) electrons. The van der Waals surface area contributed by atoms with Crippen LogP contribution in [0.3, 0.4) is 0 Å². The molecule has 1 heterocycles. The molecule has 0 saturated carbocycles. The third-order valence-corrected chi connectivity index (χ3v) is 4.40. The average Bonchev–Trinajstić information content (AvgIpc) is 2.37. The number of nitrogens with one attached hydrogen (secondary N) is 1. The fourth-order valence-corrected chi connectivity index (χ4v) is 3.03. The summed E-state index contributed by atoms with van der Waals surface area (Å²) < 4.78 is 5.56. The number of ether oxygens (including phenoxy) is 1. The summed E-state index contributed by atoms with van der Waals surface area (Å²) in [4.78, 5) is 2.14. The van der Waals surface area contributed by atoms with E-state index in [2.05, 4.69) is 55.5 Å².